The third kappa shape index (κ3) is 3.30. The Morgan fingerprint density at radius 1 is 1.07 bits per heavy atom. The summed E-state index contributed by atoms with van der Waals surface area (Å²) < 4.78 is 25.0. The van der Waals surface area contributed by atoms with Crippen molar-refractivity contribution < 1.29 is 13.2 Å². The average molecular weight is 410 g/mol. The van der Waals surface area contributed by atoms with Crippen molar-refractivity contribution in [2.75, 3.05) is 0 Å². The topological polar surface area (TPSA) is 77.8 Å². The first-order valence-corrected chi connectivity index (χ1v) is 10.1. The number of hydrogen-bond donors (Lipinski definition) is 0. The molecule has 9 heteroatoms. The highest BCUT2D eigenvalue weighted by atomic mass is 32.2. The lowest BCUT2D eigenvalue weighted by Gasteiger charge is -1.98. The summed E-state index contributed by atoms with van der Waals surface area (Å²) in [6, 6.07) is 11.9. The Hall–Kier alpha value is -3.04. The minimum absolute atomic E-state index is 0.255. The molecule has 0 aliphatic carbocycles. The zero-order valence-electron chi connectivity index (χ0n) is 14.2. The number of nitrogens with zero attached hydrogens (tertiary/aromatic N) is 4. The quantitative estimate of drug-likeness (QED) is 0.282. The Labute approximate surface area is 166 Å². The average Bonchev–Trinajstić information content (AvgIpc) is 3.46. The summed E-state index contributed by atoms with van der Waals surface area (Å²) in [5.41, 5.74) is 1.80. The van der Waals surface area contributed by atoms with Crippen molar-refractivity contribution in [3.8, 4) is 22.1 Å². The number of rotatable bonds is 5. The fourth-order valence-electron chi connectivity index (χ4n) is 2.63. The summed E-state index contributed by atoms with van der Waals surface area (Å²) in [7, 11) is 0. The van der Waals surface area contributed by atoms with Crippen LogP contribution in [0.4, 0.5) is 4.39 Å². The fourth-order valence-corrected chi connectivity index (χ4v) is 4.67. The highest BCUT2D eigenvalue weighted by molar-refractivity contribution is 7.98. The molecule has 4 heterocycles. The van der Waals surface area contributed by atoms with Gasteiger partial charge in [0.25, 0.3) is 5.89 Å². The molecule has 0 bridgehead atoms. The number of thioether (sulfide) groups is 1. The number of aromatic nitrogens is 4. The molecule has 4 aromatic heterocycles. The van der Waals surface area contributed by atoms with Crippen LogP contribution in [0.15, 0.2) is 68.9 Å². The second kappa shape index (κ2) is 7.17. The zero-order valence-corrected chi connectivity index (χ0v) is 15.8. The Balaban J connectivity index is 1.39. The number of thiophene rings is 1. The lowest BCUT2D eigenvalue weighted by atomic mass is 10.2. The summed E-state index contributed by atoms with van der Waals surface area (Å²) in [6.07, 6.45) is 3.09. The van der Waals surface area contributed by atoms with Gasteiger partial charge in [-0.15, -0.1) is 21.5 Å². The second-order valence-electron chi connectivity index (χ2n) is 5.78. The molecule has 5 rings (SSSR count). The van der Waals surface area contributed by atoms with Gasteiger partial charge in [0.1, 0.15) is 17.2 Å². The second-order valence-corrected chi connectivity index (χ2v) is 7.79. The summed E-state index contributed by atoms with van der Waals surface area (Å²) in [6.45, 7) is 0. The molecule has 0 spiro atoms. The van der Waals surface area contributed by atoms with Crippen LogP contribution in [0, 0.1) is 5.82 Å². The van der Waals surface area contributed by atoms with Crippen molar-refractivity contribution >= 4 is 33.3 Å². The molecule has 138 valence electrons. The summed E-state index contributed by atoms with van der Waals surface area (Å²) >= 11 is 3.07. The van der Waals surface area contributed by atoms with E-state index >= 15 is 0 Å². The van der Waals surface area contributed by atoms with Crippen molar-refractivity contribution in [3.05, 3.63) is 66.8 Å². The van der Waals surface area contributed by atoms with Crippen LogP contribution < -0.4 is 0 Å². The predicted octanol–water partition coefficient (Wildman–Crippen LogP) is 5.43. The Morgan fingerprint density at radius 3 is 2.79 bits per heavy atom. The minimum Gasteiger partial charge on any atom is -0.459 e. The van der Waals surface area contributed by atoms with E-state index in [0.717, 1.165) is 25.7 Å². The van der Waals surface area contributed by atoms with Crippen molar-refractivity contribution in [3.63, 3.8) is 0 Å². The van der Waals surface area contributed by atoms with E-state index in [1.165, 1.54) is 30.2 Å². The molecule has 0 atom stereocenters. The summed E-state index contributed by atoms with van der Waals surface area (Å²) in [4.78, 5) is 9.75. The number of hydrogen-bond acceptors (Lipinski definition) is 8. The molecule has 6 nitrogen and oxygen atoms in total. The van der Waals surface area contributed by atoms with Crippen LogP contribution in [0.3, 0.4) is 0 Å². The molecular formula is C19H11FN4O2S2. The molecular weight excluding hydrogens is 399 g/mol. The van der Waals surface area contributed by atoms with E-state index in [1.54, 1.807) is 41.9 Å². The monoisotopic (exact) mass is 410 g/mol. The molecule has 0 N–H and O–H groups in total. The van der Waals surface area contributed by atoms with E-state index in [1.807, 2.05) is 6.07 Å². The molecule has 1 aromatic carbocycles. The molecule has 0 fully saturated rings. The van der Waals surface area contributed by atoms with Gasteiger partial charge in [0.05, 0.1) is 22.2 Å². The van der Waals surface area contributed by atoms with Gasteiger partial charge in [0, 0.05) is 4.88 Å². The standard InChI is InChI=1S/C19H11FN4O2S2/c20-12-5-3-11(4-6-12)15-8-13-17(28-15)19(22-10-21-13)27-9-16-23-24-18(26-16)14-2-1-7-25-14/h1-8,10H,9H2. The predicted molar refractivity (Wildman–Crippen MR) is 104 cm³/mol. The molecule has 0 saturated heterocycles. The molecule has 5 aromatic rings. The number of benzene rings is 1. The van der Waals surface area contributed by atoms with Gasteiger partial charge in [-0.2, -0.15) is 0 Å². The largest absolute Gasteiger partial charge is 0.459 e. The molecule has 0 radical (unpaired) electrons. The van der Waals surface area contributed by atoms with Gasteiger partial charge in [0.2, 0.25) is 5.89 Å². The van der Waals surface area contributed by atoms with E-state index in [2.05, 4.69) is 20.2 Å². The van der Waals surface area contributed by atoms with Crippen LogP contribution in [0.5, 0.6) is 0 Å². The first kappa shape index (κ1) is 17.1. The van der Waals surface area contributed by atoms with Crippen LogP contribution in [-0.4, -0.2) is 20.2 Å². The van der Waals surface area contributed by atoms with Gasteiger partial charge < -0.3 is 8.83 Å². The molecule has 0 unspecified atom stereocenters. The Bertz CT molecular complexity index is 1230. The first-order valence-electron chi connectivity index (χ1n) is 8.26. The lowest BCUT2D eigenvalue weighted by molar-refractivity contribution is 0.494. The Morgan fingerprint density at radius 2 is 1.96 bits per heavy atom. The van der Waals surface area contributed by atoms with Gasteiger partial charge in [0.15, 0.2) is 5.76 Å². The highest BCUT2D eigenvalue weighted by Crippen LogP contribution is 2.37. The van der Waals surface area contributed by atoms with Gasteiger partial charge in [-0.25, -0.2) is 14.4 Å². The normalized spacial score (nSPS) is 11.3. The van der Waals surface area contributed by atoms with Crippen molar-refractivity contribution in [2.24, 2.45) is 0 Å². The molecule has 28 heavy (non-hydrogen) atoms. The van der Waals surface area contributed by atoms with Gasteiger partial charge >= 0.3 is 0 Å². The van der Waals surface area contributed by atoms with E-state index in [4.69, 9.17) is 8.83 Å². The van der Waals surface area contributed by atoms with Crippen LogP contribution in [0.1, 0.15) is 5.89 Å². The van der Waals surface area contributed by atoms with Crippen LogP contribution in [0.2, 0.25) is 0 Å². The first-order chi connectivity index (χ1) is 13.8. The van der Waals surface area contributed by atoms with Crippen molar-refractivity contribution in [1.82, 2.24) is 20.2 Å². The zero-order chi connectivity index (χ0) is 18.9. The smallest absolute Gasteiger partial charge is 0.283 e. The number of halogens is 1. The van der Waals surface area contributed by atoms with Crippen LogP contribution in [0.25, 0.3) is 32.3 Å². The molecule has 0 aliphatic heterocycles. The Kier molecular flexibility index (Phi) is 4.38. The van der Waals surface area contributed by atoms with Gasteiger partial charge in [-0.3, -0.25) is 0 Å². The number of furan rings is 1. The highest BCUT2D eigenvalue weighted by Gasteiger charge is 2.14. The molecule has 0 saturated carbocycles. The lowest BCUT2D eigenvalue weighted by Crippen LogP contribution is -1.85. The molecule has 0 aliphatic rings. The maximum atomic E-state index is 13.2. The van der Waals surface area contributed by atoms with Crippen molar-refractivity contribution in [2.45, 2.75) is 10.8 Å². The fraction of sp³-hybridized carbons (Fsp3) is 0.0526. The summed E-state index contributed by atoms with van der Waals surface area (Å²) in [5.74, 6) is 1.59. The third-order valence-corrected chi connectivity index (χ3v) is 6.22. The number of fused-ring (bicyclic) bond motifs is 1. The van der Waals surface area contributed by atoms with Gasteiger partial charge in [-0.05, 0) is 35.9 Å². The van der Waals surface area contributed by atoms with E-state index < -0.39 is 0 Å². The van der Waals surface area contributed by atoms with E-state index in [9.17, 15) is 4.39 Å². The van der Waals surface area contributed by atoms with Crippen LogP contribution in [-0.2, 0) is 5.75 Å². The minimum atomic E-state index is -0.255. The van der Waals surface area contributed by atoms with Crippen molar-refractivity contribution in [1.29, 1.82) is 0 Å². The van der Waals surface area contributed by atoms with Gasteiger partial charge in [-0.1, -0.05) is 23.9 Å². The maximum absolute atomic E-state index is 13.2. The summed E-state index contributed by atoms with van der Waals surface area (Å²) in [5, 5.41) is 8.89. The molecule has 0 amide bonds. The van der Waals surface area contributed by atoms with E-state index in [-0.39, 0.29) is 5.82 Å². The maximum Gasteiger partial charge on any atom is 0.283 e. The van der Waals surface area contributed by atoms with E-state index in [0.29, 0.717) is 23.3 Å². The third-order valence-electron chi connectivity index (χ3n) is 3.94. The SMILES string of the molecule is Fc1ccc(-c2cc3ncnc(SCc4nnc(-c5ccco5)o4)c3s2)cc1. The van der Waals surface area contributed by atoms with Crippen LogP contribution >= 0.6 is 23.1 Å².